The molecule has 0 radical (unpaired) electrons. The molecule has 0 spiro atoms. The van der Waals surface area contributed by atoms with Gasteiger partial charge in [0.2, 0.25) is 0 Å². The van der Waals surface area contributed by atoms with Gasteiger partial charge in [-0.3, -0.25) is 0 Å². The van der Waals surface area contributed by atoms with E-state index in [2.05, 4.69) is 240 Å². The van der Waals surface area contributed by atoms with Gasteiger partial charge in [0.25, 0.3) is 0 Å². The predicted octanol–water partition coefficient (Wildman–Crippen LogP) is 14.9. The third kappa shape index (κ3) is 6.04. The van der Waals surface area contributed by atoms with Crippen molar-refractivity contribution in [3.8, 4) is 50.2 Å². The highest BCUT2D eigenvalue weighted by atomic mass is 15.1. The number of hydrogen-bond acceptors (Lipinski definition) is 1. The van der Waals surface area contributed by atoms with Crippen LogP contribution in [0.3, 0.4) is 0 Å². The third-order valence-corrected chi connectivity index (χ3v) is 10.8. The Bertz CT molecular complexity index is 2930. The number of rotatable bonds is 8. The molecular weight excluding hydrogens is 677 g/mol. The van der Waals surface area contributed by atoms with Gasteiger partial charge in [-0.2, -0.15) is 0 Å². The van der Waals surface area contributed by atoms with Gasteiger partial charge in [-0.1, -0.05) is 176 Å². The van der Waals surface area contributed by atoms with Crippen LogP contribution < -0.4 is 4.90 Å². The van der Waals surface area contributed by atoms with E-state index in [9.17, 15) is 0 Å². The fourth-order valence-electron chi connectivity index (χ4n) is 8.20. The van der Waals surface area contributed by atoms with Crippen molar-refractivity contribution in [2.45, 2.75) is 0 Å². The van der Waals surface area contributed by atoms with Crippen LogP contribution in [0.25, 0.3) is 72.0 Å². The van der Waals surface area contributed by atoms with Crippen molar-refractivity contribution in [3.05, 3.63) is 231 Å². The van der Waals surface area contributed by atoms with E-state index in [1.54, 1.807) is 0 Å². The lowest BCUT2D eigenvalue weighted by molar-refractivity contribution is 1.18. The standard InChI is InChI=1S/C54H38N2/c1-5-17-39(18-6-1)41-31-33-45(34-32-41)55(46-26-15-23-43(37-46)40-19-7-2-8-20-40)47-35-36-51-53(38-47)56(44-24-11-4-12-25-44)52-30-16-29-50(54(51)52)49-28-14-13-27-48(49)42-21-9-3-10-22-42/h1-38H. The van der Waals surface area contributed by atoms with Crippen LogP contribution >= 0.6 is 0 Å². The second-order valence-corrected chi connectivity index (χ2v) is 14.1. The van der Waals surface area contributed by atoms with Crippen LogP contribution in [-0.4, -0.2) is 4.57 Å². The van der Waals surface area contributed by atoms with Crippen LogP contribution in [0.2, 0.25) is 0 Å². The number of benzene rings is 9. The molecule has 0 atom stereocenters. The smallest absolute Gasteiger partial charge is 0.0562 e. The van der Waals surface area contributed by atoms with E-state index in [0.717, 1.165) is 28.3 Å². The van der Waals surface area contributed by atoms with Gasteiger partial charge < -0.3 is 9.47 Å². The van der Waals surface area contributed by atoms with Gasteiger partial charge in [0.05, 0.1) is 11.0 Å². The van der Waals surface area contributed by atoms with E-state index in [-0.39, 0.29) is 0 Å². The fraction of sp³-hybridized carbons (Fsp3) is 0. The Labute approximate surface area is 327 Å². The van der Waals surface area contributed by atoms with Crippen molar-refractivity contribution < 1.29 is 0 Å². The maximum absolute atomic E-state index is 2.43. The topological polar surface area (TPSA) is 8.17 Å². The third-order valence-electron chi connectivity index (χ3n) is 10.8. The summed E-state index contributed by atoms with van der Waals surface area (Å²) >= 11 is 0. The van der Waals surface area contributed by atoms with Crippen molar-refractivity contribution in [2.75, 3.05) is 4.90 Å². The summed E-state index contributed by atoms with van der Waals surface area (Å²) in [6, 6.07) is 83.0. The monoisotopic (exact) mass is 714 g/mol. The summed E-state index contributed by atoms with van der Waals surface area (Å²) in [6.45, 7) is 0. The molecule has 10 rings (SSSR count). The van der Waals surface area contributed by atoms with Crippen molar-refractivity contribution in [1.82, 2.24) is 4.57 Å². The fourth-order valence-corrected chi connectivity index (χ4v) is 8.20. The second-order valence-electron chi connectivity index (χ2n) is 14.1. The molecule has 0 bridgehead atoms. The van der Waals surface area contributed by atoms with Crippen LogP contribution in [-0.2, 0) is 0 Å². The van der Waals surface area contributed by atoms with Gasteiger partial charge in [-0.05, 0) is 99.1 Å². The molecule has 264 valence electrons. The summed E-state index contributed by atoms with van der Waals surface area (Å²) in [5.74, 6) is 0. The minimum atomic E-state index is 1.08. The molecule has 9 aromatic carbocycles. The molecule has 0 unspecified atom stereocenters. The molecule has 0 saturated heterocycles. The van der Waals surface area contributed by atoms with Crippen molar-refractivity contribution in [3.63, 3.8) is 0 Å². The molecule has 0 amide bonds. The lowest BCUT2D eigenvalue weighted by Gasteiger charge is -2.26. The average molecular weight is 715 g/mol. The van der Waals surface area contributed by atoms with Crippen LogP contribution in [0, 0.1) is 0 Å². The Kier molecular flexibility index (Phi) is 8.55. The summed E-state index contributed by atoms with van der Waals surface area (Å²) in [7, 11) is 0. The van der Waals surface area contributed by atoms with Gasteiger partial charge in [-0.25, -0.2) is 0 Å². The highest BCUT2D eigenvalue weighted by molar-refractivity contribution is 6.17. The van der Waals surface area contributed by atoms with Gasteiger partial charge in [0.1, 0.15) is 0 Å². The molecule has 2 heteroatoms. The zero-order valence-corrected chi connectivity index (χ0v) is 30.8. The molecule has 0 saturated carbocycles. The zero-order valence-electron chi connectivity index (χ0n) is 30.8. The van der Waals surface area contributed by atoms with Crippen LogP contribution in [0.15, 0.2) is 231 Å². The Morgan fingerprint density at radius 2 is 0.786 bits per heavy atom. The zero-order chi connectivity index (χ0) is 37.3. The first-order valence-corrected chi connectivity index (χ1v) is 19.2. The maximum Gasteiger partial charge on any atom is 0.0562 e. The molecular formula is C54H38N2. The Morgan fingerprint density at radius 1 is 0.286 bits per heavy atom. The largest absolute Gasteiger partial charge is 0.310 e. The highest BCUT2D eigenvalue weighted by Gasteiger charge is 2.21. The van der Waals surface area contributed by atoms with Gasteiger partial charge in [0, 0.05) is 33.5 Å². The number of hydrogen-bond donors (Lipinski definition) is 0. The summed E-state index contributed by atoms with van der Waals surface area (Å²) in [4.78, 5) is 2.39. The van der Waals surface area contributed by atoms with Gasteiger partial charge in [0.15, 0.2) is 0 Å². The number of fused-ring (bicyclic) bond motifs is 3. The van der Waals surface area contributed by atoms with Gasteiger partial charge >= 0.3 is 0 Å². The van der Waals surface area contributed by atoms with Crippen molar-refractivity contribution >= 4 is 38.9 Å². The first-order chi connectivity index (χ1) is 27.8. The molecule has 0 fully saturated rings. The van der Waals surface area contributed by atoms with E-state index in [1.807, 2.05) is 0 Å². The molecule has 10 aromatic rings. The average Bonchev–Trinajstić information content (AvgIpc) is 3.62. The quantitative estimate of drug-likeness (QED) is 0.152. The van der Waals surface area contributed by atoms with E-state index < -0.39 is 0 Å². The van der Waals surface area contributed by atoms with Crippen LogP contribution in [0.5, 0.6) is 0 Å². The minimum absolute atomic E-state index is 1.08. The molecule has 0 aliphatic heterocycles. The van der Waals surface area contributed by atoms with E-state index in [0.29, 0.717) is 0 Å². The SMILES string of the molecule is c1ccc(-c2ccc(N(c3cccc(-c4ccccc4)c3)c3ccc4c5c(-c6ccccc6-c6ccccc6)cccc5n(-c5ccccc5)c4c3)cc2)cc1. The normalized spacial score (nSPS) is 11.2. The number of aromatic nitrogens is 1. The molecule has 0 aliphatic rings. The van der Waals surface area contributed by atoms with E-state index in [1.165, 1.54) is 60.8 Å². The summed E-state index contributed by atoms with van der Waals surface area (Å²) < 4.78 is 2.43. The van der Waals surface area contributed by atoms with Crippen LogP contribution in [0.4, 0.5) is 17.1 Å². The molecule has 1 aromatic heterocycles. The Hall–Kier alpha value is -7.42. The van der Waals surface area contributed by atoms with Gasteiger partial charge in [-0.15, -0.1) is 0 Å². The van der Waals surface area contributed by atoms with E-state index in [4.69, 9.17) is 0 Å². The first kappa shape index (κ1) is 33.2. The van der Waals surface area contributed by atoms with E-state index >= 15 is 0 Å². The molecule has 56 heavy (non-hydrogen) atoms. The summed E-state index contributed by atoms with van der Waals surface area (Å²) in [5.41, 5.74) is 16.4. The lowest BCUT2D eigenvalue weighted by Crippen LogP contribution is -2.10. The second kappa shape index (κ2) is 14.4. The number of para-hydroxylation sites is 1. The Morgan fingerprint density at radius 3 is 1.48 bits per heavy atom. The van der Waals surface area contributed by atoms with Crippen LogP contribution in [0.1, 0.15) is 0 Å². The molecule has 0 N–H and O–H groups in total. The maximum atomic E-state index is 2.43. The highest BCUT2D eigenvalue weighted by Crippen LogP contribution is 2.44. The Balaban J connectivity index is 1.21. The molecule has 1 heterocycles. The molecule has 0 aliphatic carbocycles. The van der Waals surface area contributed by atoms with Crippen molar-refractivity contribution in [1.29, 1.82) is 0 Å². The lowest BCUT2D eigenvalue weighted by atomic mass is 9.92. The summed E-state index contributed by atoms with van der Waals surface area (Å²) in [6.07, 6.45) is 0. The molecule has 2 nitrogen and oxygen atoms in total. The minimum Gasteiger partial charge on any atom is -0.310 e. The first-order valence-electron chi connectivity index (χ1n) is 19.2. The predicted molar refractivity (Wildman–Crippen MR) is 237 cm³/mol. The number of anilines is 3. The number of nitrogens with zero attached hydrogens (tertiary/aromatic N) is 2. The summed E-state index contributed by atoms with van der Waals surface area (Å²) in [5, 5.41) is 2.45. The van der Waals surface area contributed by atoms with Crippen molar-refractivity contribution in [2.24, 2.45) is 0 Å².